The second kappa shape index (κ2) is 17.5. The zero-order chi connectivity index (χ0) is 46.4. The Morgan fingerprint density at radius 1 is 0.143 bits per heavy atom. The fourth-order valence-electron chi connectivity index (χ4n) is 10.8. The Hall–Kier alpha value is -9.10. The molecular formula is C70H46. The van der Waals surface area contributed by atoms with E-state index in [0.29, 0.717) is 0 Å². The summed E-state index contributed by atoms with van der Waals surface area (Å²) in [6.07, 6.45) is 0. The topological polar surface area (TPSA) is 0 Å². The molecule has 13 rings (SSSR count). The first kappa shape index (κ1) is 41.1. The van der Waals surface area contributed by atoms with Crippen LogP contribution in [0.2, 0.25) is 0 Å². The van der Waals surface area contributed by atoms with Crippen molar-refractivity contribution in [1.82, 2.24) is 0 Å². The van der Waals surface area contributed by atoms with E-state index in [1.807, 2.05) is 0 Å². The van der Waals surface area contributed by atoms with E-state index < -0.39 is 0 Å². The van der Waals surface area contributed by atoms with Crippen molar-refractivity contribution in [1.29, 1.82) is 0 Å². The smallest absolute Gasteiger partial charge is 0.00257 e. The third kappa shape index (κ3) is 7.44. The largest absolute Gasteiger partial charge is 0.0622 e. The van der Waals surface area contributed by atoms with Gasteiger partial charge in [0.25, 0.3) is 0 Å². The van der Waals surface area contributed by atoms with E-state index in [2.05, 4.69) is 279 Å². The molecule has 13 aromatic rings. The van der Waals surface area contributed by atoms with Crippen LogP contribution < -0.4 is 0 Å². The molecule has 326 valence electrons. The normalized spacial score (nSPS) is 11.4. The van der Waals surface area contributed by atoms with Crippen molar-refractivity contribution in [3.63, 3.8) is 0 Å². The van der Waals surface area contributed by atoms with E-state index in [-0.39, 0.29) is 0 Å². The summed E-state index contributed by atoms with van der Waals surface area (Å²) in [6, 6.07) is 103. The van der Waals surface area contributed by atoms with E-state index in [9.17, 15) is 0 Å². The maximum Gasteiger partial charge on any atom is -0.00257 e. The highest BCUT2D eigenvalue weighted by Gasteiger charge is 2.22. The first-order valence-corrected chi connectivity index (χ1v) is 24.2. The maximum atomic E-state index is 2.54. The second-order valence-electron chi connectivity index (χ2n) is 18.4. The molecule has 0 aromatic heterocycles. The lowest BCUT2D eigenvalue weighted by Crippen LogP contribution is -1.95. The quantitative estimate of drug-likeness (QED) is 0.105. The summed E-state index contributed by atoms with van der Waals surface area (Å²) in [5.74, 6) is 0. The van der Waals surface area contributed by atoms with Gasteiger partial charge >= 0.3 is 0 Å². The molecule has 70 heavy (non-hydrogen) atoms. The molecule has 0 amide bonds. The van der Waals surface area contributed by atoms with Crippen molar-refractivity contribution in [3.05, 3.63) is 279 Å². The van der Waals surface area contributed by atoms with Crippen LogP contribution in [0.3, 0.4) is 0 Å². The molecule has 0 heteroatoms. The lowest BCUT2D eigenvalue weighted by Gasteiger charge is -2.22. The molecule has 0 saturated heterocycles. The van der Waals surface area contributed by atoms with Gasteiger partial charge in [-0.3, -0.25) is 0 Å². The van der Waals surface area contributed by atoms with Gasteiger partial charge in [0.1, 0.15) is 0 Å². The number of hydrogen-bond donors (Lipinski definition) is 0. The lowest BCUT2D eigenvalue weighted by molar-refractivity contribution is 1.58. The van der Waals surface area contributed by atoms with Crippen molar-refractivity contribution < 1.29 is 0 Å². The molecule has 0 heterocycles. The summed E-state index contributed by atoms with van der Waals surface area (Å²) in [5.41, 5.74) is 19.2. The van der Waals surface area contributed by atoms with E-state index in [4.69, 9.17) is 0 Å². The summed E-state index contributed by atoms with van der Waals surface area (Å²) < 4.78 is 0. The van der Waals surface area contributed by atoms with Crippen LogP contribution >= 0.6 is 0 Å². The molecule has 0 aliphatic heterocycles. The molecule has 0 aliphatic rings. The fraction of sp³-hybridized carbons (Fsp3) is 0. The van der Waals surface area contributed by atoms with Gasteiger partial charge in [0.15, 0.2) is 0 Å². The van der Waals surface area contributed by atoms with Gasteiger partial charge in [-0.05, 0) is 193 Å². The third-order valence-corrected chi connectivity index (χ3v) is 14.2. The number of fused-ring (bicyclic) bond motifs is 5. The molecule has 0 nitrogen and oxygen atoms in total. The van der Waals surface area contributed by atoms with Crippen LogP contribution in [0.4, 0.5) is 0 Å². The zero-order valence-corrected chi connectivity index (χ0v) is 38.6. The standard InChI is InChI=1S/C70H46/c1-7-21-47(22-8-1)53-35-36-54-44-63(52-31-17-6-18-32-52)65-45-67-68(46-66(65)64(54)43-53)70(60-41-57(50-27-13-4-14-28-50)38-58(42-60)51-29-15-5-16-30-51)62-34-20-19-33-61(62)69(67)59-39-55(48-23-9-2-10-24-48)37-56(40-59)49-25-11-3-12-26-49/h1-46H. The van der Waals surface area contributed by atoms with E-state index in [1.165, 1.54) is 132 Å². The lowest BCUT2D eigenvalue weighted by atomic mass is 9.81. The average Bonchev–Trinajstić information content (AvgIpc) is 3.45. The maximum absolute atomic E-state index is 2.54. The van der Waals surface area contributed by atoms with Crippen LogP contribution in [-0.4, -0.2) is 0 Å². The van der Waals surface area contributed by atoms with E-state index in [0.717, 1.165) is 0 Å². The first-order valence-electron chi connectivity index (χ1n) is 24.2. The molecule has 0 radical (unpaired) electrons. The fourth-order valence-corrected chi connectivity index (χ4v) is 10.8. The van der Waals surface area contributed by atoms with Crippen LogP contribution in [0.25, 0.3) is 132 Å². The van der Waals surface area contributed by atoms with Gasteiger partial charge in [0, 0.05) is 0 Å². The molecule has 0 N–H and O–H groups in total. The number of benzene rings is 13. The van der Waals surface area contributed by atoms with Gasteiger partial charge in [0.05, 0.1) is 0 Å². The monoisotopic (exact) mass is 886 g/mol. The molecule has 0 saturated carbocycles. The second-order valence-corrected chi connectivity index (χ2v) is 18.4. The van der Waals surface area contributed by atoms with Crippen LogP contribution in [0, 0.1) is 0 Å². The molecular weight excluding hydrogens is 841 g/mol. The molecule has 0 fully saturated rings. The Morgan fingerprint density at radius 2 is 0.471 bits per heavy atom. The summed E-state index contributed by atoms with van der Waals surface area (Å²) in [6.45, 7) is 0. The minimum Gasteiger partial charge on any atom is -0.0622 e. The Morgan fingerprint density at radius 3 is 0.871 bits per heavy atom. The van der Waals surface area contributed by atoms with Crippen LogP contribution in [0.5, 0.6) is 0 Å². The summed E-state index contributed by atoms with van der Waals surface area (Å²) >= 11 is 0. The van der Waals surface area contributed by atoms with Crippen molar-refractivity contribution >= 4 is 43.1 Å². The minimum absolute atomic E-state index is 1.18. The summed E-state index contributed by atoms with van der Waals surface area (Å²) in [7, 11) is 0. The van der Waals surface area contributed by atoms with Gasteiger partial charge in [-0.15, -0.1) is 0 Å². The molecule has 0 spiro atoms. The van der Waals surface area contributed by atoms with Crippen LogP contribution in [0.1, 0.15) is 0 Å². The van der Waals surface area contributed by atoms with Gasteiger partial charge in [0.2, 0.25) is 0 Å². The van der Waals surface area contributed by atoms with E-state index in [1.54, 1.807) is 0 Å². The third-order valence-electron chi connectivity index (χ3n) is 14.2. The van der Waals surface area contributed by atoms with Crippen LogP contribution in [0.15, 0.2) is 279 Å². The number of hydrogen-bond acceptors (Lipinski definition) is 0. The molecule has 0 unspecified atom stereocenters. The van der Waals surface area contributed by atoms with Crippen LogP contribution in [-0.2, 0) is 0 Å². The Labute approximate surface area is 409 Å². The summed E-state index contributed by atoms with van der Waals surface area (Å²) in [5, 5.41) is 9.77. The minimum atomic E-state index is 1.18. The highest BCUT2D eigenvalue weighted by atomic mass is 14.3. The Kier molecular flexibility index (Phi) is 10.3. The molecule has 13 aromatic carbocycles. The predicted molar refractivity (Wildman–Crippen MR) is 300 cm³/mol. The van der Waals surface area contributed by atoms with E-state index >= 15 is 0 Å². The van der Waals surface area contributed by atoms with Gasteiger partial charge in [-0.25, -0.2) is 0 Å². The highest BCUT2D eigenvalue weighted by molar-refractivity contribution is 6.27. The Bertz CT molecular complexity index is 3930. The van der Waals surface area contributed by atoms with Crippen molar-refractivity contribution in [2.24, 2.45) is 0 Å². The highest BCUT2D eigenvalue weighted by Crippen LogP contribution is 2.49. The Balaban J connectivity index is 1.22. The van der Waals surface area contributed by atoms with Crippen molar-refractivity contribution in [3.8, 4) is 89.0 Å². The van der Waals surface area contributed by atoms with Crippen molar-refractivity contribution in [2.45, 2.75) is 0 Å². The van der Waals surface area contributed by atoms with Gasteiger partial charge in [-0.2, -0.15) is 0 Å². The van der Waals surface area contributed by atoms with Gasteiger partial charge < -0.3 is 0 Å². The SMILES string of the molecule is c1ccc(-c2cc(-c3ccccc3)cc(-c3c4ccccc4c(-c4cc(-c5ccccc5)cc(-c5ccccc5)c4)c4cc5c(cc34)c(-c3ccccc3)cc3ccc(-c4ccccc4)cc35)c2)cc1. The first-order chi connectivity index (χ1) is 34.7. The molecule has 0 bridgehead atoms. The molecule has 0 atom stereocenters. The zero-order valence-electron chi connectivity index (χ0n) is 38.6. The van der Waals surface area contributed by atoms with Gasteiger partial charge in [-0.1, -0.05) is 218 Å². The predicted octanol–water partition coefficient (Wildman–Crippen LogP) is 19.6. The molecule has 0 aliphatic carbocycles. The summed E-state index contributed by atoms with van der Waals surface area (Å²) in [4.78, 5) is 0. The number of rotatable bonds is 8. The average molecular weight is 887 g/mol. The van der Waals surface area contributed by atoms with Crippen molar-refractivity contribution in [2.75, 3.05) is 0 Å².